The monoisotopic (exact) mass is 234 g/mol. The van der Waals surface area contributed by atoms with E-state index < -0.39 is 0 Å². The molecule has 2 heteroatoms. The second-order valence-corrected chi connectivity index (χ2v) is 5.41. The maximum absolute atomic E-state index is 5.75. The van der Waals surface area contributed by atoms with Gasteiger partial charge in [-0.05, 0) is 57.8 Å². The lowest BCUT2D eigenvalue weighted by Gasteiger charge is -2.22. The summed E-state index contributed by atoms with van der Waals surface area (Å²) in [6, 6.07) is 0.387. The lowest BCUT2D eigenvalue weighted by molar-refractivity contribution is 0.542. The Morgan fingerprint density at radius 1 is 1.00 bits per heavy atom. The van der Waals surface area contributed by atoms with Crippen molar-refractivity contribution in [3.8, 4) is 0 Å². The van der Waals surface area contributed by atoms with E-state index in [1.807, 2.05) is 0 Å². The SMILES string of the molecule is NNC(CC1=CCCCC1)C1=CCCCCC1. The third kappa shape index (κ3) is 3.97. The van der Waals surface area contributed by atoms with Crippen LogP contribution < -0.4 is 11.3 Å². The zero-order valence-electron chi connectivity index (χ0n) is 10.9. The second-order valence-electron chi connectivity index (χ2n) is 5.41. The van der Waals surface area contributed by atoms with Gasteiger partial charge in [0.05, 0.1) is 0 Å². The molecule has 2 nitrogen and oxygen atoms in total. The van der Waals surface area contributed by atoms with Crippen LogP contribution in [-0.2, 0) is 0 Å². The van der Waals surface area contributed by atoms with Gasteiger partial charge in [0.1, 0.15) is 0 Å². The highest BCUT2D eigenvalue weighted by molar-refractivity contribution is 5.18. The number of rotatable bonds is 4. The predicted octanol–water partition coefficient (Wildman–Crippen LogP) is 3.60. The minimum absolute atomic E-state index is 0.387. The van der Waals surface area contributed by atoms with Crippen molar-refractivity contribution < 1.29 is 0 Å². The topological polar surface area (TPSA) is 38.0 Å². The maximum Gasteiger partial charge on any atom is 0.0456 e. The molecule has 0 spiro atoms. The number of hydrogen-bond acceptors (Lipinski definition) is 2. The smallest absolute Gasteiger partial charge is 0.0456 e. The molecule has 17 heavy (non-hydrogen) atoms. The number of hydrazine groups is 1. The van der Waals surface area contributed by atoms with E-state index >= 15 is 0 Å². The first-order chi connectivity index (χ1) is 8.40. The summed E-state index contributed by atoms with van der Waals surface area (Å²) in [4.78, 5) is 0. The van der Waals surface area contributed by atoms with Crippen molar-refractivity contribution in [2.45, 2.75) is 70.3 Å². The summed E-state index contributed by atoms with van der Waals surface area (Å²) < 4.78 is 0. The lowest BCUT2D eigenvalue weighted by Crippen LogP contribution is -2.37. The van der Waals surface area contributed by atoms with Crippen molar-refractivity contribution in [2.24, 2.45) is 5.84 Å². The van der Waals surface area contributed by atoms with E-state index in [1.54, 1.807) is 11.1 Å². The molecule has 3 N–H and O–H groups in total. The van der Waals surface area contributed by atoms with E-state index in [1.165, 1.54) is 57.8 Å². The van der Waals surface area contributed by atoms with Crippen LogP contribution in [-0.4, -0.2) is 6.04 Å². The third-order valence-electron chi connectivity index (χ3n) is 4.08. The fourth-order valence-electron chi connectivity index (χ4n) is 3.01. The van der Waals surface area contributed by atoms with Crippen molar-refractivity contribution in [2.75, 3.05) is 0 Å². The summed E-state index contributed by atoms with van der Waals surface area (Å²) in [5.74, 6) is 5.75. The number of nitrogens with two attached hydrogens (primary N) is 1. The molecule has 0 aromatic heterocycles. The summed E-state index contributed by atoms with van der Waals surface area (Å²) in [6.07, 6.45) is 17.8. The first-order valence-corrected chi connectivity index (χ1v) is 7.23. The second kappa shape index (κ2) is 6.97. The summed E-state index contributed by atoms with van der Waals surface area (Å²) in [5, 5.41) is 0. The lowest BCUT2D eigenvalue weighted by atomic mass is 9.90. The quantitative estimate of drug-likeness (QED) is 0.443. The highest BCUT2D eigenvalue weighted by Crippen LogP contribution is 2.26. The van der Waals surface area contributed by atoms with Gasteiger partial charge in [-0.3, -0.25) is 11.3 Å². The summed E-state index contributed by atoms with van der Waals surface area (Å²) >= 11 is 0. The summed E-state index contributed by atoms with van der Waals surface area (Å²) in [6.45, 7) is 0. The summed E-state index contributed by atoms with van der Waals surface area (Å²) in [5.41, 5.74) is 6.21. The van der Waals surface area contributed by atoms with Crippen LogP contribution in [0.25, 0.3) is 0 Å². The first kappa shape index (κ1) is 12.8. The molecular weight excluding hydrogens is 208 g/mol. The Balaban J connectivity index is 1.94. The van der Waals surface area contributed by atoms with E-state index in [9.17, 15) is 0 Å². The average molecular weight is 234 g/mol. The van der Waals surface area contributed by atoms with E-state index in [-0.39, 0.29) is 0 Å². The van der Waals surface area contributed by atoms with Gasteiger partial charge in [0, 0.05) is 6.04 Å². The van der Waals surface area contributed by atoms with E-state index in [0.29, 0.717) is 6.04 Å². The Morgan fingerprint density at radius 2 is 1.76 bits per heavy atom. The molecule has 1 unspecified atom stereocenters. The Morgan fingerprint density at radius 3 is 2.53 bits per heavy atom. The van der Waals surface area contributed by atoms with Crippen LogP contribution in [0.4, 0.5) is 0 Å². The minimum atomic E-state index is 0.387. The van der Waals surface area contributed by atoms with Crippen molar-refractivity contribution in [1.29, 1.82) is 0 Å². The molecule has 2 aliphatic carbocycles. The minimum Gasteiger partial charge on any atom is -0.271 e. The standard InChI is InChI=1S/C15H26N2/c16-17-15(12-13-8-4-3-5-9-13)14-10-6-1-2-7-11-14/h8,10,15,17H,1-7,9,11-12,16H2. The molecule has 0 aromatic rings. The normalized spacial score (nSPS) is 23.6. The molecule has 0 heterocycles. The first-order valence-electron chi connectivity index (χ1n) is 7.23. The molecular formula is C15H26N2. The Bertz CT molecular complexity index is 291. The zero-order valence-corrected chi connectivity index (χ0v) is 10.9. The number of hydrogen-bond donors (Lipinski definition) is 2. The van der Waals surface area contributed by atoms with E-state index in [4.69, 9.17) is 5.84 Å². The van der Waals surface area contributed by atoms with Gasteiger partial charge < -0.3 is 0 Å². The molecule has 0 aliphatic heterocycles. The predicted molar refractivity (Wildman–Crippen MR) is 73.4 cm³/mol. The van der Waals surface area contributed by atoms with E-state index in [2.05, 4.69) is 17.6 Å². The van der Waals surface area contributed by atoms with Gasteiger partial charge in [-0.25, -0.2) is 0 Å². The highest BCUT2D eigenvalue weighted by atomic mass is 15.2. The van der Waals surface area contributed by atoms with Crippen LogP contribution in [0.5, 0.6) is 0 Å². The van der Waals surface area contributed by atoms with Gasteiger partial charge in [-0.1, -0.05) is 29.7 Å². The molecule has 0 amide bonds. The van der Waals surface area contributed by atoms with Gasteiger partial charge >= 0.3 is 0 Å². The van der Waals surface area contributed by atoms with Crippen LogP contribution >= 0.6 is 0 Å². The van der Waals surface area contributed by atoms with Gasteiger partial charge in [0.25, 0.3) is 0 Å². The van der Waals surface area contributed by atoms with Crippen LogP contribution in [0.15, 0.2) is 23.3 Å². The molecule has 0 radical (unpaired) electrons. The fourth-order valence-corrected chi connectivity index (χ4v) is 3.01. The maximum atomic E-state index is 5.75. The van der Waals surface area contributed by atoms with Gasteiger partial charge in [0.15, 0.2) is 0 Å². The van der Waals surface area contributed by atoms with Crippen LogP contribution in [0.3, 0.4) is 0 Å². The molecule has 2 aliphatic rings. The number of nitrogens with one attached hydrogen (secondary N) is 1. The zero-order chi connectivity index (χ0) is 11.9. The Labute approximate surface area is 105 Å². The van der Waals surface area contributed by atoms with Gasteiger partial charge in [0.2, 0.25) is 0 Å². The Kier molecular flexibility index (Phi) is 5.27. The molecule has 0 fully saturated rings. The van der Waals surface area contributed by atoms with Gasteiger partial charge in [-0.2, -0.15) is 0 Å². The fraction of sp³-hybridized carbons (Fsp3) is 0.733. The van der Waals surface area contributed by atoms with Crippen LogP contribution in [0.1, 0.15) is 64.2 Å². The van der Waals surface area contributed by atoms with Crippen molar-refractivity contribution in [3.63, 3.8) is 0 Å². The van der Waals surface area contributed by atoms with Crippen molar-refractivity contribution in [3.05, 3.63) is 23.3 Å². The van der Waals surface area contributed by atoms with Crippen LogP contribution in [0.2, 0.25) is 0 Å². The van der Waals surface area contributed by atoms with Crippen molar-refractivity contribution in [1.82, 2.24) is 5.43 Å². The van der Waals surface area contributed by atoms with E-state index in [0.717, 1.165) is 6.42 Å². The molecule has 2 rings (SSSR count). The summed E-state index contributed by atoms with van der Waals surface area (Å²) in [7, 11) is 0. The molecule has 0 bridgehead atoms. The van der Waals surface area contributed by atoms with Crippen molar-refractivity contribution >= 4 is 0 Å². The van der Waals surface area contributed by atoms with Gasteiger partial charge in [-0.15, -0.1) is 0 Å². The third-order valence-corrected chi connectivity index (χ3v) is 4.08. The molecule has 96 valence electrons. The number of allylic oxidation sites excluding steroid dienone is 2. The Hall–Kier alpha value is -0.600. The molecule has 1 atom stereocenters. The molecule has 0 saturated heterocycles. The molecule has 0 aromatic carbocycles. The van der Waals surface area contributed by atoms with Crippen LogP contribution in [0, 0.1) is 0 Å². The largest absolute Gasteiger partial charge is 0.271 e. The average Bonchev–Trinajstić information content (AvgIpc) is 2.66. The molecule has 0 saturated carbocycles. The highest BCUT2D eigenvalue weighted by Gasteiger charge is 2.16.